The van der Waals surface area contributed by atoms with Gasteiger partial charge in [0.15, 0.2) is 0 Å². The van der Waals surface area contributed by atoms with Crippen LogP contribution in [0.5, 0.6) is 5.75 Å². The number of anilines is 3. The molecule has 0 aliphatic carbocycles. The lowest BCUT2D eigenvalue weighted by molar-refractivity contribution is -0.116. The van der Waals surface area contributed by atoms with Gasteiger partial charge in [0.2, 0.25) is 5.91 Å². The van der Waals surface area contributed by atoms with E-state index < -0.39 is 0 Å². The minimum absolute atomic E-state index is 0.0118. The number of pyridine rings is 1. The largest absolute Gasteiger partial charge is 0.494 e. The molecule has 0 atom stereocenters. The van der Waals surface area contributed by atoms with Gasteiger partial charge < -0.3 is 15.4 Å². The lowest BCUT2D eigenvalue weighted by Gasteiger charge is -2.09. The molecule has 0 bridgehead atoms. The van der Waals surface area contributed by atoms with Gasteiger partial charge in [-0.3, -0.25) is 4.79 Å². The highest BCUT2D eigenvalue weighted by Gasteiger charge is 2.02. The number of nitrogens with zero attached hydrogens (tertiary/aromatic N) is 1. The third kappa shape index (κ3) is 4.77. The van der Waals surface area contributed by atoms with Gasteiger partial charge in [0.05, 0.1) is 18.5 Å². The van der Waals surface area contributed by atoms with Crippen LogP contribution in [0, 0.1) is 0 Å². The molecule has 1 aromatic carbocycles. The SMILES string of the molecule is CCCC(=O)Nc1ccc(Nc2ccc(OCC)cc2)cn1. The number of nitrogens with one attached hydrogen (secondary N) is 2. The number of carbonyl (C=O) groups is 1. The van der Waals surface area contributed by atoms with Gasteiger partial charge in [-0.05, 0) is 49.7 Å². The second-order valence-corrected chi connectivity index (χ2v) is 4.81. The lowest BCUT2D eigenvalue weighted by Crippen LogP contribution is -2.11. The third-order valence-electron chi connectivity index (χ3n) is 2.96. The number of rotatable bonds is 7. The summed E-state index contributed by atoms with van der Waals surface area (Å²) in [6.07, 6.45) is 3.02. The number of benzene rings is 1. The van der Waals surface area contributed by atoms with Crippen molar-refractivity contribution in [1.29, 1.82) is 0 Å². The monoisotopic (exact) mass is 299 g/mol. The Balaban J connectivity index is 1.94. The molecule has 116 valence electrons. The maximum absolute atomic E-state index is 11.5. The first-order valence-corrected chi connectivity index (χ1v) is 7.47. The van der Waals surface area contributed by atoms with Gasteiger partial charge >= 0.3 is 0 Å². The zero-order valence-electron chi connectivity index (χ0n) is 12.9. The molecule has 1 amide bonds. The summed E-state index contributed by atoms with van der Waals surface area (Å²) in [6, 6.07) is 11.4. The Bertz CT molecular complexity index is 594. The average Bonchev–Trinajstić information content (AvgIpc) is 2.52. The summed E-state index contributed by atoms with van der Waals surface area (Å²) in [5.74, 6) is 1.40. The summed E-state index contributed by atoms with van der Waals surface area (Å²) < 4.78 is 5.40. The van der Waals surface area contributed by atoms with Crippen molar-refractivity contribution in [3.8, 4) is 5.75 Å². The van der Waals surface area contributed by atoms with Gasteiger partial charge in [0.1, 0.15) is 11.6 Å². The molecule has 22 heavy (non-hydrogen) atoms. The van der Waals surface area contributed by atoms with Crippen LogP contribution in [0.15, 0.2) is 42.6 Å². The van der Waals surface area contributed by atoms with Crippen molar-refractivity contribution in [1.82, 2.24) is 4.98 Å². The molecule has 2 rings (SSSR count). The molecule has 1 aromatic heterocycles. The smallest absolute Gasteiger partial charge is 0.225 e. The normalized spacial score (nSPS) is 10.1. The average molecular weight is 299 g/mol. The molecule has 0 aliphatic rings. The van der Waals surface area contributed by atoms with E-state index in [2.05, 4.69) is 15.6 Å². The topological polar surface area (TPSA) is 63.2 Å². The predicted molar refractivity (Wildman–Crippen MR) is 88.7 cm³/mol. The van der Waals surface area contributed by atoms with Crippen molar-refractivity contribution in [3.63, 3.8) is 0 Å². The summed E-state index contributed by atoms with van der Waals surface area (Å²) in [5.41, 5.74) is 1.81. The highest BCUT2D eigenvalue weighted by Crippen LogP contribution is 2.20. The molecule has 1 heterocycles. The molecule has 0 saturated carbocycles. The number of aromatic nitrogens is 1. The fraction of sp³-hybridized carbons (Fsp3) is 0.294. The van der Waals surface area contributed by atoms with Crippen LogP contribution in [0.3, 0.4) is 0 Å². The van der Waals surface area contributed by atoms with Crippen LogP contribution in [-0.2, 0) is 4.79 Å². The van der Waals surface area contributed by atoms with Crippen LogP contribution in [-0.4, -0.2) is 17.5 Å². The van der Waals surface area contributed by atoms with Crippen LogP contribution in [0.2, 0.25) is 0 Å². The first-order chi connectivity index (χ1) is 10.7. The molecule has 0 saturated heterocycles. The van der Waals surface area contributed by atoms with Crippen molar-refractivity contribution in [3.05, 3.63) is 42.6 Å². The number of hydrogen-bond donors (Lipinski definition) is 2. The molecular weight excluding hydrogens is 278 g/mol. The first kappa shape index (κ1) is 15.8. The number of hydrogen-bond acceptors (Lipinski definition) is 4. The second-order valence-electron chi connectivity index (χ2n) is 4.81. The van der Waals surface area contributed by atoms with Gasteiger partial charge in [0, 0.05) is 12.1 Å². The maximum Gasteiger partial charge on any atom is 0.225 e. The molecule has 2 aromatic rings. The summed E-state index contributed by atoms with van der Waals surface area (Å²) in [4.78, 5) is 15.7. The Hall–Kier alpha value is -2.56. The zero-order chi connectivity index (χ0) is 15.8. The fourth-order valence-corrected chi connectivity index (χ4v) is 1.94. The van der Waals surface area contributed by atoms with Crippen LogP contribution >= 0.6 is 0 Å². The van der Waals surface area contributed by atoms with Crippen molar-refractivity contribution in [2.45, 2.75) is 26.7 Å². The molecule has 0 radical (unpaired) electrons. The Morgan fingerprint density at radius 2 is 1.82 bits per heavy atom. The van der Waals surface area contributed by atoms with Crippen LogP contribution < -0.4 is 15.4 Å². The Morgan fingerprint density at radius 3 is 2.41 bits per heavy atom. The van der Waals surface area contributed by atoms with E-state index in [1.54, 1.807) is 12.3 Å². The van der Waals surface area contributed by atoms with Crippen molar-refractivity contribution >= 4 is 23.1 Å². The predicted octanol–water partition coefficient (Wildman–Crippen LogP) is 3.96. The van der Waals surface area contributed by atoms with E-state index in [4.69, 9.17) is 4.74 Å². The number of ether oxygens (including phenoxy) is 1. The van der Waals surface area contributed by atoms with E-state index in [0.29, 0.717) is 18.8 Å². The number of amides is 1. The minimum atomic E-state index is -0.0118. The molecule has 0 unspecified atom stereocenters. The highest BCUT2D eigenvalue weighted by atomic mass is 16.5. The molecule has 0 spiro atoms. The lowest BCUT2D eigenvalue weighted by atomic mass is 10.3. The Morgan fingerprint density at radius 1 is 1.09 bits per heavy atom. The van der Waals surface area contributed by atoms with Crippen molar-refractivity contribution < 1.29 is 9.53 Å². The van der Waals surface area contributed by atoms with Crippen LogP contribution in [0.4, 0.5) is 17.2 Å². The van der Waals surface area contributed by atoms with Crippen LogP contribution in [0.1, 0.15) is 26.7 Å². The van der Waals surface area contributed by atoms with Gasteiger partial charge in [-0.25, -0.2) is 4.98 Å². The van der Waals surface area contributed by atoms with Crippen LogP contribution in [0.25, 0.3) is 0 Å². The Labute approximate surface area is 130 Å². The standard InChI is InChI=1S/C17H21N3O2/c1-3-5-17(21)20-16-11-8-14(12-18-16)19-13-6-9-15(10-7-13)22-4-2/h6-12,19H,3-5H2,1-2H3,(H,18,20,21). The minimum Gasteiger partial charge on any atom is -0.494 e. The summed E-state index contributed by atoms with van der Waals surface area (Å²) in [6.45, 7) is 4.58. The summed E-state index contributed by atoms with van der Waals surface area (Å²) in [7, 11) is 0. The van der Waals surface area contributed by atoms with Gasteiger partial charge in [-0.1, -0.05) is 6.92 Å². The fourth-order valence-electron chi connectivity index (χ4n) is 1.94. The Kier molecular flexibility index (Phi) is 5.77. The maximum atomic E-state index is 11.5. The number of carbonyl (C=O) groups excluding carboxylic acids is 1. The van der Waals surface area contributed by atoms with Crippen molar-refractivity contribution in [2.24, 2.45) is 0 Å². The van der Waals surface area contributed by atoms with Gasteiger partial charge in [-0.2, -0.15) is 0 Å². The summed E-state index contributed by atoms with van der Waals surface area (Å²) in [5, 5.41) is 6.01. The van der Waals surface area contributed by atoms with Gasteiger partial charge in [-0.15, -0.1) is 0 Å². The van der Waals surface area contributed by atoms with Crippen molar-refractivity contribution in [2.75, 3.05) is 17.2 Å². The van der Waals surface area contributed by atoms with E-state index in [0.717, 1.165) is 23.5 Å². The quantitative estimate of drug-likeness (QED) is 0.812. The second kappa shape index (κ2) is 8.02. The molecule has 0 aliphatic heterocycles. The molecule has 5 nitrogen and oxygen atoms in total. The van der Waals surface area contributed by atoms with E-state index in [1.165, 1.54) is 0 Å². The first-order valence-electron chi connectivity index (χ1n) is 7.47. The third-order valence-corrected chi connectivity index (χ3v) is 2.96. The molecular formula is C17H21N3O2. The summed E-state index contributed by atoms with van der Waals surface area (Å²) >= 11 is 0. The van der Waals surface area contributed by atoms with Gasteiger partial charge in [0.25, 0.3) is 0 Å². The zero-order valence-corrected chi connectivity index (χ0v) is 12.9. The van der Waals surface area contributed by atoms with E-state index >= 15 is 0 Å². The highest BCUT2D eigenvalue weighted by molar-refractivity contribution is 5.89. The molecule has 5 heteroatoms. The molecule has 0 fully saturated rings. The van der Waals surface area contributed by atoms with E-state index in [-0.39, 0.29) is 5.91 Å². The molecule has 2 N–H and O–H groups in total. The van der Waals surface area contributed by atoms with E-state index in [1.807, 2.05) is 44.2 Å². The van der Waals surface area contributed by atoms with E-state index in [9.17, 15) is 4.79 Å².